The van der Waals surface area contributed by atoms with Crippen molar-refractivity contribution < 1.29 is 14.3 Å². The smallest absolute Gasteiger partial charge is 0.341 e. The maximum absolute atomic E-state index is 13.0. The number of benzene rings is 1. The van der Waals surface area contributed by atoms with E-state index in [4.69, 9.17) is 4.74 Å². The molecule has 2 aromatic rings. The van der Waals surface area contributed by atoms with Crippen LogP contribution in [0, 0.1) is 13.8 Å². The van der Waals surface area contributed by atoms with Crippen molar-refractivity contribution in [3.63, 3.8) is 0 Å². The minimum atomic E-state index is -0.415. The Hall–Kier alpha value is -2.18. The number of methoxy groups -OCH3 is 1. The average Bonchev–Trinajstić information content (AvgIpc) is 2.93. The summed E-state index contributed by atoms with van der Waals surface area (Å²) in [4.78, 5) is 26.7. The highest BCUT2D eigenvalue weighted by atomic mass is 32.1. The van der Waals surface area contributed by atoms with Crippen LogP contribution >= 0.6 is 11.3 Å². The number of esters is 1. The van der Waals surface area contributed by atoms with Gasteiger partial charge in [0, 0.05) is 21.5 Å². The lowest BCUT2D eigenvalue weighted by Crippen LogP contribution is -2.55. The lowest BCUT2D eigenvalue weighted by molar-refractivity contribution is 0.0600. The topological polar surface area (TPSA) is 67.4 Å². The Kier molecular flexibility index (Phi) is 5.15. The minimum absolute atomic E-state index is 0.172. The monoisotopic (exact) mass is 400 g/mol. The molecular weight excluding hydrogens is 372 g/mol. The Labute approximate surface area is 170 Å². The molecule has 0 radical (unpaired) electrons. The van der Waals surface area contributed by atoms with Gasteiger partial charge < -0.3 is 15.4 Å². The zero-order chi connectivity index (χ0) is 20.9. The summed E-state index contributed by atoms with van der Waals surface area (Å²) in [6.07, 6.45) is 0.687. The quantitative estimate of drug-likeness (QED) is 0.741. The lowest BCUT2D eigenvalue weighted by atomic mass is 9.81. The van der Waals surface area contributed by atoms with Gasteiger partial charge in [-0.15, -0.1) is 11.3 Å². The number of thiophene rings is 1. The summed E-state index contributed by atoms with van der Waals surface area (Å²) in [6.45, 7) is 12.3. The predicted molar refractivity (Wildman–Crippen MR) is 113 cm³/mol. The third-order valence-corrected chi connectivity index (χ3v) is 6.57. The molecule has 1 aromatic heterocycles. The number of anilines is 1. The predicted octanol–water partition coefficient (Wildman–Crippen LogP) is 4.56. The van der Waals surface area contributed by atoms with Crippen LogP contribution < -0.4 is 10.6 Å². The van der Waals surface area contributed by atoms with E-state index in [1.54, 1.807) is 0 Å². The van der Waals surface area contributed by atoms with Gasteiger partial charge in [-0.05, 0) is 65.2 Å². The van der Waals surface area contributed by atoms with Crippen LogP contribution in [0.2, 0.25) is 0 Å². The van der Waals surface area contributed by atoms with Gasteiger partial charge >= 0.3 is 5.97 Å². The molecule has 1 aliphatic heterocycles. The Morgan fingerprint density at radius 3 is 2.50 bits per heavy atom. The van der Waals surface area contributed by atoms with Gasteiger partial charge in [0.2, 0.25) is 0 Å². The fourth-order valence-corrected chi connectivity index (χ4v) is 5.34. The van der Waals surface area contributed by atoms with Crippen molar-refractivity contribution in [2.75, 3.05) is 12.4 Å². The summed E-state index contributed by atoms with van der Waals surface area (Å²) in [5.41, 5.74) is 3.47. The molecule has 1 aliphatic rings. The highest BCUT2D eigenvalue weighted by molar-refractivity contribution is 7.17. The molecule has 0 bridgehead atoms. The molecule has 6 heteroatoms. The molecule has 2 N–H and O–H groups in total. The van der Waals surface area contributed by atoms with E-state index in [9.17, 15) is 9.59 Å². The first-order valence-corrected chi connectivity index (χ1v) is 10.2. The number of ether oxygens (including phenoxy) is 1. The van der Waals surface area contributed by atoms with Crippen LogP contribution in [0.25, 0.3) is 0 Å². The van der Waals surface area contributed by atoms with E-state index in [1.165, 1.54) is 18.4 Å². The molecule has 1 amide bonds. The molecule has 3 rings (SSSR count). The maximum Gasteiger partial charge on any atom is 0.341 e. The fourth-order valence-electron chi connectivity index (χ4n) is 4.08. The molecule has 0 fully saturated rings. The lowest BCUT2D eigenvalue weighted by Gasteiger charge is -2.42. The van der Waals surface area contributed by atoms with Crippen molar-refractivity contribution in [2.45, 2.75) is 59.0 Å². The van der Waals surface area contributed by atoms with Crippen molar-refractivity contribution in [2.24, 2.45) is 0 Å². The first-order chi connectivity index (χ1) is 12.9. The molecular formula is C22H28N2O3S. The van der Waals surface area contributed by atoms with E-state index in [1.807, 2.05) is 32.0 Å². The summed E-state index contributed by atoms with van der Waals surface area (Å²) in [5, 5.41) is 7.17. The van der Waals surface area contributed by atoms with Gasteiger partial charge in [-0.25, -0.2) is 4.79 Å². The first kappa shape index (κ1) is 20.6. The second-order valence-corrected chi connectivity index (χ2v) is 9.71. The number of nitrogens with one attached hydrogen (secondary N) is 2. The van der Waals surface area contributed by atoms with Gasteiger partial charge in [0.15, 0.2) is 0 Å². The van der Waals surface area contributed by atoms with Gasteiger partial charge in [-0.3, -0.25) is 4.79 Å². The van der Waals surface area contributed by atoms with Gasteiger partial charge in [0.1, 0.15) is 5.00 Å². The van der Waals surface area contributed by atoms with Crippen molar-refractivity contribution in [3.05, 3.63) is 50.9 Å². The summed E-state index contributed by atoms with van der Waals surface area (Å²) in [7, 11) is 1.38. The van der Waals surface area contributed by atoms with Gasteiger partial charge in [-0.2, -0.15) is 0 Å². The van der Waals surface area contributed by atoms with Crippen LogP contribution in [0.4, 0.5) is 5.00 Å². The Bertz CT molecular complexity index is 957. The van der Waals surface area contributed by atoms with Gasteiger partial charge in [0.25, 0.3) is 5.91 Å². The number of fused-ring (bicyclic) bond motifs is 1. The van der Waals surface area contributed by atoms with E-state index in [2.05, 4.69) is 38.3 Å². The number of hydrogen-bond acceptors (Lipinski definition) is 5. The Morgan fingerprint density at radius 2 is 1.86 bits per heavy atom. The zero-order valence-electron chi connectivity index (χ0n) is 17.6. The van der Waals surface area contributed by atoms with E-state index < -0.39 is 5.97 Å². The highest BCUT2D eigenvalue weighted by Gasteiger charge is 2.42. The Balaban J connectivity index is 2.09. The second kappa shape index (κ2) is 7.01. The van der Waals surface area contributed by atoms with Crippen LogP contribution in [0.1, 0.15) is 70.0 Å². The summed E-state index contributed by atoms with van der Waals surface area (Å²) >= 11 is 1.45. The molecule has 150 valence electrons. The highest BCUT2D eigenvalue weighted by Crippen LogP contribution is 2.45. The number of carbonyl (C=O) groups excluding carboxylic acids is 2. The van der Waals surface area contributed by atoms with E-state index >= 15 is 0 Å². The summed E-state index contributed by atoms with van der Waals surface area (Å²) < 4.78 is 5.06. The van der Waals surface area contributed by atoms with Crippen LogP contribution in [-0.2, 0) is 16.7 Å². The molecule has 1 aromatic carbocycles. The number of carbonyl (C=O) groups is 2. The third-order valence-electron chi connectivity index (χ3n) is 5.10. The zero-order valence-corrected chi connectivity index (χ0v) is 18.4. The van der Waals surface area contributed by atoms with Crippen molar-refractivity contribution in [1.82, 2.24) is 5.32 Å². The molecule has 0 saturated heterocycles. The van der Waals surface area contributed by atoms with E-state index in [-0.39, 0.29) is 17.0 Å². The molecule has 0 spiro atoms. The maximum atomic E-state index is 13.0. The molecule has 28 heavy (non-hydrogen) atoms. The van der Waals surface area contributed by atoms with Crippen LogP contribution in [0.5, 0.6) is 0 Å². The van der Waals surface area contributed by atoms with Crippen LogP contribution in [0.3, 0.4) is 0 Å². The van der Waals surface area contributed by atoms with Crippen LogP contribution in [0.15, 0.2) is 18.2 Å². The van der Waals surface area contributed by atoms with Crippen molar-refractivity contribution >= 4 is 28.2 Å². The molecule has 0 atom stereocenters. The standard InChI is InChI=1S/C22H28N2O3S/c1-12-8-9-13(2)14(10-12)18(25)23-19-16(20(26)27-7)15-11-21(3,4)24-22(5,6)17(15)28-19/h8-10,24H,11H2,1-7H3,(H,23,25). The molecule has 0 saturated carbocycles. The Morgan fingerprint density at radius 1 is 1.18 bits per heavy atom. The molecule has 0 unspecified atom stereocenters. The minimum Gasteiger partial charge on any atom is -0.465 e. The number of hydrogen-bond donors (Lipinski definition) is 2. The number of rotatable bonds is 3. The first-order valence-electron chi connectivity index (χ1n) is 9.37. The fraction of sp³-hybridized carbons (Fsp3) is 0.455. The molecule has 5 nitrogen and oxygen atoms in total. The summed E-state index contributed by atoms with van der Waals surface area (Å²) in [5.74, 6) is -0.628. The van der Waals surface area contributed by atoms with Gasteiger partial charge in [0.05, 0.1) is 12.7 Å². The van der Waals surface area contributed by atoms with E-state index in [0.29, 0.717) is 22.5 Å². The summed E-state index contributed by atoms with van der Waals surface area (Å²) in [6, 6.07) is 5.77. The van der Waals surface area contributed by atoms with E-state index in [0.717, 1.165) is 21.6 Å². The molecule has 0 aliphatic carbocycles. The van der Waals surface area contributed by atoms with Crippen LogP contribution in [-0.4, -0.2) is 24.5 Å². The average molecular weight is 401 g/mol. The number of amides is 1. The van der Waals surface area contributed by atoms with Crippen molar-refractivity contribution in [1.29, 1.82) is 0 Å². The van der Waals surface area contributed by atoms with Crippen molar-refractivity contribution in [3.8, 4) is 0 Å². The second-order valence-electron chi connectivity index (χ2n) is 8.69. The molecule has 2 heterocycles. The van der Waals surface area contributed by atoms with Gasteiger partial charge in [-0.1, -0.05) is 17.7 Å². The number of aryl methyl sites for hydroxylation is 2. The normalized spacial score (nSPS) is 17.0. The largest absolute Gasteiger partial charge is 0.465 e. The third kappa shape index (κ3) is 3.71. The SMILES string of the molecule is COC(=O)c1c(NC(=O)c2cc(C)ccc2C)sc2c1CC(C)(C)NC2(C)C.